The predicted octanol–water partition coefficient (Wildman–Crippen LogP) is 0.862. The topological polar surface area (TPSA) is 72.2 Å². The molecule has 2 aromatic rings. The van der Waals surface area contributed by atoms with Gasteiger partial charge in [-0.3, -0.25) is 0 Å². The number of aromatic nitrogens is 3. The van der Waals surface area contributed by atoms with Gasteiger partial charge in [0.2, 0.25) is 0 Å². The number of ether oxygens (including phenoxy) is 1. The van der Waals surface area contributed by atoms with Crippen LogP contribution in [0.3, 0.4) is 0 Å². The van der Waals surface area contributed by atoms with Gasteiger partial charge in [-0.05, 0) is 18.2 Å². The first-order valence-corrected chi connectivity index (χ1v) is 6.10. The second kappa shape index (κ2) is 6.19. The molecule has 0 aliphatic rings. The highest BCUT2D eigenvalue weighted by Crippen LogP contribution is 2.22. The number of phenolic OH excluding ortho intramolecular Hbond substituents is 1. The van der Waals surface area contributed by atoms with Crippen molar-refractivity contribution in [3.63, 3.8) is 0 Å². The highest BCUT2D eigenvalue weighted by atomic mass is 16.5. The third kappa shape index (κ3) is 3.45. The van der Waals surface area contributed by atoms with Crippen LogP contribution < -0.4 is 10.1 Å². The fourth-order valence-corrected chi connectivity index (χ4v) is 1.79. The predicted molar refractivity (Wildman–Crippen MR) is 71.1 cm³/mol. The number of nitrogens with one attached hydrogen (secondary N) is 1. The van der Waals surface area contributed by atoms with Gasteiger partial charge in [0.15, 0.2) is 0 Å². The summed E-state index contributed by atoms with van der Waals surface area (Å²) in [6, 6.07) is 5.20. The molecule has 1 aromatic carbocycles. The minimum Gasteiger partial charge on any atom is -0.508 e. The van der Waals surface area contributed by atoms with E-state index in [0.29, 0.717) is 6.54 Å². The summed E-state index contributed by atoms with van der Waals surface area (Å²) in [5.41, 5.74) is 0.817. The Morgan fingerprint density at radius 2 is 2.26 bits per heavy atom. The molecule has 0 radical (unpaired) electrons. The van der Waals surface area contributed by atoms with Crippen molar-refractivity contribution < 1.29 is 9.84 Å². The monoisotopic (exact) mass is 262 g/mol. The van der Waals surface area contributed by atoms with Crippen molar-refractivity contribution in [2.75, 3.05) is 13.7 Å². The first kappa shape index (κ1) is 13.4. The lowest BCUT2D eigenvalue weighted by Crippen LogP contribution is -2.18. The number of aryl methyl sites for hydroxylation is 1. The van der Waals surface area contributed by atoms with E-state index >= 15 is 0 Å². The Morgan fingerprint density at radius 3 is 2.95 bits per heavy atom. The Balaban J connectivity index is 1.84. The van der Waals surface area contributed by atoms with Gasteiger partial charge in [-0.1, -0.05) is 0 Å². The fourth-order valence-electron chi connectivity index (χ4n) is 1.79. The third-order valence-corrected chi connectivity index (χ3v) is 2.93. The number of hydrogen-bond donors (Lipinski definition) is 2. The molecular weight excluding hydrogens is 244 g/mol. The van der Waals surface area contributed by atoms with Gasteiger partial charge in [0, 0.05) is 32.1 Å². The quantitative estimate of drug-likeness (QED) is 0.755. The Kier molecular flexibility index (Phi) is 4.35. The normalized spacial score (nSPS) is 10.6. The lowest BCUT2D eigenvalue weighted by molar-refractivity contribution is 0.410. The molecule has 102 valence electrons. The van der Waals surface area contributed by atoms with E-state index < -0.39 is 0 Å². The summed E-state index contributed by atoms with van der Waals surface area (Å²) in [6.07, 6.45) is 2.48. The molecule has 0 spiro atoms. The molecule has 0 aliphatic carbocycles. The minimum absolute atomic E-state index is 0.270. The highest BCUT2D eigenvalue weighted by Gasteiger charge is 2.04. The first-order valence-electron chi connectivity index (χ1n) is 6.10. The molecule has 0 saturated heterocycles. The molecule has 0 bridgehead atoms. The number of rotatable bonds is 6. The molecule has 0 fully saturated rings. The van der Waals surface area contributed by atoms with Crippen molar-refractivity contribution in [2.24, 2.45) is 7.05 Å². The van der Waals surface area contributed by atoms with Crippen molar-refractivity contribution in [2.45, 2.75) is 13.0 Å². The van der Waals surface area contributed by atoms with Crippen LogP contribution in [-0.2, 0) is 20.0 Å². The second-order valence-electron chi connectivity index (χ2n) is 4.28. The maximum atomic E-state index is 9.74. The van der Waals surface area contributed by atoms with Gasteiger partial charge in [0.1, 0.15) is 23.7 Å². The first-order chi connectivity index (χ1) is 9.20. The van der Waals surface area contributed by atoms with E-state index in [2.05, 4.69) is 15.5 Å². The summed E-state index contributed by atoms with van der Waals surface area (Å²) < 4.78 is 7.02. The molecule has 6 nitrogen and oxygen atoms in total. The van der Waals surface area contributed by atoms with E-state index in [1.807, 2.05) is 17.7 Å². The van der Waals surface area contributed by atoms with Gasteiger partial charge in [0.25, 0.3) is 0 Å². The zero-order valence-electron chi connectivity index (χ0n) is 11.1. The Hall–Kier alpha value is -2.08. The van der Waals surface area contributed by atoms with Gasteiger partial charge in [0.05, 0.1) is 7.11 Å². The van der Waals surface area contributed by atoms with E-state index in [1.54, 1.807) is 25.6 Å². The summed E-state index contributed by atoms with van der Waals surface area (Å²) in [5.74, 6) is 1.94. The van der Waals surface area contributed by atoms with Crippen LogP contribution >= 0.6 is 0 Å². The van der Waals surface area contributed by atoms with Crippen molar-refractivity contribution in [1.82, 2.24) is 20.1 Å². The van der Waals surface area contributed by atoms with Crippen molar-refractivity contribution in [3.8, 4) is 11.5 Å². The number of methoxy groups -OCH3 is 1. The molecule has 0 atom stereocenters. The maximum absolute atomic E-state index is 9.74. The summed E-state index contributed by atoms with van der Waals surface area (Å²) in [6.45, 7) is 1.35. The molecule has 0 aliphatic heterocycles. The standard InChI is InChI=1S/C13H18N4O2/c1-17-9-15-16-13(17)5-6-14-8-10-7-11(19-2)3-4-12(10)18/h3-4,7,9,14,18H,5-6,8H2,1-2H3. The molecule has 2 N–H and O–H groups in total. The van der Waals surface area contributed by atoms with Crippen LogP contribution in [0.1, 0.15) is 11.4 Å². The Labute approximate surface area is 112 Å². The summed E-state index contributed by atoms with van der Waals surface area (Å²) in [5, 5.41) is 20.8. The van der Waals surface area contributed by atoms with Crippen molar-refractivity contribution in [3.05, 3.63) is 35.9 Å². The number of nitrogens with zero attached hydrogens (tertiary/aromatic N) is 3. The van der Waals surface area contributed by atoms with E-state index in [9.17, 15) is 5.11 Å². The molecule has 0 saturated carbocycles. The molecule has 0 amide bonds. The average Bonchev–Trinajstić information content (AvgIpc) is 2.82. The highest BCUT2D eigenvalue weighted by molar-refractivity contribution is 5.39. The van der Waals surface area contributed by atoms with Crippen molar-refractivity contribution in [1.29, 1.82) is 0 Å². The van der Waals surface area contributed by atoms with E-state index in [4.69, 9.17) is 4.74 Å². The zero-order valence-corrected chi connectivity index (χ0v) is 11.1. The molecule has 6 heteroatoms. The van der Waals surface area contributed by atoms with Crippen LogP contribution in [0, 0.1) is 0 Å². The van der Waals surface area contributed by atoms with E-state index in [-0.39, 0.29) is 5.75 Å². The lowest BCUT2D eigenvalue weighted by Gasteiger charge is -2.08. The lowest BCUT2D eigenvalue weighted by atomic mass is 10.2. The summed E-state index contributed by atoms with van der Waals surface area (Å²) in [7, 11) is 3.53. The van der Waals surface area contributed by atoms with Gasteiger partial charge < -0.3 is 19.7 Å². The smallest absolute Gasteiger partial charge is 0.133 e. The molecule has 2 rings (SSSR count). The van der Waals surface area contributed by atoms with Gasteiger partial charge in [-0.15, -0.1) is 10.2 Å². The van der Waals surface area contributed by atoms with Crippen LogP contribution in [0.2, 0.25) is 0 Å². The van der Waals surface area contributed by atoms with Crippen LogP contribution in [-0.4, -0.2) is 33.5 Å². The number of benzene rings is 1. The largest absolute Gasteiger partial charge is 0.508 e. The third-order valence-electron chi connectivity index (χ3n) is 2.93. The van der Waals surface area contributed by atoms with Gasteiger partial charge in [-0.25, -0.2) is 0 Å². The maximum Gasteiger partial charge on any atom is 0.133 e. The minimum atomic E-state index is 0.270. The van der Waals surface area contributed by atoms with E-state index in [1.165, 1.54) is 0 Å². The molecule has 1 heterocycles. The van der Waals surface area contributed by atoms with Gasteiger partial charge in [-0.2, -0.15) is 0 Å². The number of hydrogen-bond acceptors (Lipinski definition) is 5. The van der Waals surface area contributed by atoms with Crippen LogP contribution in [0.15, 0.2) is 24.5 Å². The fraction of sp³-hybridized carbons (Fsp3) is 0.385. The Morgan fingerprint density at radius 1 is 1.42 bits per heavy atom. The Bertz CT molecular complexity index is 539. The summed E-state index contributed by atoms with van der Waals surface area (Å²) >= 11 is 0. The molecule has 0 unspecified atom stereocenters. The van der Waals surface area contributed by atoms with Crippen LogP contribution in [0.25, 0.3) is 0 Å². The number of phenols is 1. The van der Waals surface area contributed by atoms with Crippen LogP contribution in [0.4, 0.5) is 0 Å². The SMILES string of the molecule is COc1ccc(O)c(CNCCc2nncn2C)c1. The molecule has 1 aromatic heterocycles. The number of aromatic hydroxyl groups is 1. The van der Waals surface area contributed by atoms with Crippen molar-refractivity contribution >= 4 is 0 Å². The molecule has 19 heavy (non-hydrogen) atoms. The van der Waals surface area contributed by atoms with Crippen LogP contribution in [0.5, 0.6) is 11.5 Å². The second-order valence-corrected chi connectivity index (χ2v) is 4.28. The summed E-state index contributed by atoms with van der Waals surface area (Å²) in [4.78, 5) is 0. The molecular formula is C13H18N4O2. The average molecular weight is 262 g/mol. The zero-order chi connectivity index (χ0) is 13.7. The van der Waals surface area contributed by atoms with Gasteiger partial charge >= 0.3 is 0 Å². The van der Waals surface area contributed by atoms with E-state index in [0.717, 1.165) is 30.1 Å².